The van der Waals surface area contributed by atoms with Crippen LogP contribution in [0.4, 0.5) is 0 Å². The van der Waals surface area contributed by atoms with Crippen LogP contribution in [-0.4, -0.2) is 43.2 Å². The molecule has 1 fully saturated rings. The maximum absolute atomic E-state index is 12.9. The molecule has 0 N–H and O–H groups in total. The molecule has 0 amide bonds. The minimum absolute atomic E-state index is 0.155. The summed E-state index contributed by atoms with van der Waals surface area (Å²) in [6.07, 6.45) is 2.57. The van der Waals surface area contributed by atoms with Crippen molar-refractivity contribution < 1.29 is 13.2 Å². The first kappa shape index (κ1) is 20.3. The van der Waals surface area contributed by atoms with Crippen molar-refractivity contribution in [3.05, 3.63) is 53.5 Å². The van der Waals surface area contributed by atoms with Gasteiger partial charge in [0.25, 0.3) is 0 Å². The Morgan fingerprint density at radius 1 is 1.24 bits per heavy atom. The van der Waals surface area contributed by atoms with Crippen molar-refractivity contribution in [1.82, 2.24) is 9.88 Å². The van der Waals surface area contributed by atoms with Crippen LogP contribution in [0.5, 0.6) is 5.75 Å². The predicted octanol–water partition coefficient (Wildman–Crippen LogP) is 4.38. The molecule has 7 heteroatoms. The first-order valence-corrected chi connectivity index (χ1v) is 12.5. The number of ether oxygens (including phenoxy) is 1. The molecule has 0 unspecified atom stereocenters. The zero-order valence-corrected chi connectivity index (χ0v) is 18.4. The normalized spacial score (nSPS) is 18.0. The molecule has 0 spiro atoms. The third kappa shape index (κ3) is 4.97. The molecule has 1 aliphatic heterocycles. The van der Waals surface area contributed by atoms with Gasteiger partial charge in [-0.25, -0.2) is 8.42 Å². The number of hydrogen-bond donors (Lipinski definition) is 0. The second-order valence-corrected chi connectivity index (χ2v) is 10.9. The van der Waals surface area contributed by atoms with Crippen LogP contribution >= 0.6 is 11.3 Å². The van der Waals surface area contributed by atoms with E-state index in [1.165, 1.54) is 23.1 Å². The molecule has 5 nitrogen and oxygen atoms in total. The molecule has 1 aliphatic rings. The summed E-state index contributed by atoms with van der Waals surface area (Å²) in [6, 6.07) is 11.8. The topological polar surface area (TPSA) is 59.5 Å². The standard InChI is InChI=1S/C22H26N2O3S2/c1-16(2)27-19-5-3-17(4-6-19)13-24-9-7-18(14-24)15-29(25,26)20-11-22-21(23-12-20)8-10-28-22/h3-6,8,10-12,16,18H,7,9,13-15H2,1-2H3/t18-/m1/s1. The fourth-order valence-electron chi connectivity index (χ4n) is 3.80. The van der Waals surface area contributed by atoms with Gasteiger partial charge >= 0.3 is 0 Å². The maximum Gasteiger partial charge on any atom is 0.180 e. The minimum atomic E-state index is -3.33. The average molecular weight is 431 g/mol. The highest BCUT2D eigenvalue weighted by molar-refractivity contribution is 7.91. The number of sulfone groups is 1. The fraction of sp³-hybridized carbons (Fsp3) is 0.409. The molecule has 3 aromatic rings. The second kappa shape index (κ2) is 8.42. The van der Waals surface area contributed by atoms with Gasteiger partial charge in [-0.15, -0.1) is 11.3 Å². The number of rotatable bonds is 7. The van der Waals surface area contributed by atoms with E-state index in [4.69, 9.17) is 4.74 Å². The van der Waals surface area contributed by atoms with Crippen LogP contribution in [0.25, 0.3) is 10.2 Å². The second-order valence-electron chi connectivity index (χ2n) is 7.96. The number of pyridine rings is 1. The number of benzene rings is 1. The number of fused-ring (bicyclic) bond motifs is 1. The summed E-state index contributed by atoms with van der Waals surface area (Å²) in [7, 11) is -3.33. The first-order valence-electron chi connectivity index (χ1n) is 9.93. The average Bonchev–Trinajstić information content (AvgIpc) is 3.31. The monoisotopic (exact) mass is 430 g/mol. The van der Waals surface area contributed by atoms with E-state index in [2.05, 4.69) is 22.0 Å². The van der Waals surface area contributed by atoms with E-state index in [9.17, 15) is 8.42 Å². The van der Waals surface area contributed by atoms with Crippen molar-refractivity contribution in [2.24, 2.45) is 5.92 Å². The molecule has 0 radical (unpaired) electrons. The van der Waals surface area contributed by atoms with Crippen molar-refractivity contribution in [2.75, 3.05) is 18.8 Å². The Morgan fingerprint density at radius 2 is 2.03 bits per heavy atom. The van der Waals surface area contributed by atoms with Crippen molar-refractivity contribution >= 4 is 31.4 Å². The van der Waals surface area contributed by atoms with Gasteiger partial charge in [-0.1, -0.05) is 12.1 Å². The number of hydrogen-bond acceptors (Lipinski definition) is 6. The molecule has 1 atom stereocenters. The van der Waals surface area contributed by atoms with E-state index < -0.39 is 9.84 Å². The van der Waals surface area contributed by atoms with Gasteiger partial charge in [0.1, 0.15) is 5.75 Å². The Labute approximate surface area is 176 Å². The lowest BCUT2D eigenvalue weighted by atomic mass is 10.1. The molecule has 1 aromatic carbocycles. The SMILES string of the molecule is CC(C)Oc1ccc(CN2CC[C@@H](CS(=O)(=O)c3cnc4ccsc4c3)C2)cc1. The van der Waals surface area contributed by atoms with Gasteiger partial charge in [-0.05, 0) is 67.9 Å². The summed E-state index contributed by atoms with van der Waals surface area (Å²) in [5.74, 6) is 1.22. The molecule has 154 valence electrons. The van der Waals surface area contributed by atoms with E-state index in [1.54, 1.807) is 6.07 Å². The molecular weight excluding hydrogens is 404 g/mol. The van der Waals surface area contributed by atoms with Crippen molar-refractivity contribution in [3.8, 4) is 5.75 Å². The Hall–Kier alpha value is -1.96. The molecule has 0 saturated carbocycles. The third-order valence-electron chi connectivity index (χ3n) is 5.16. The smallest absolute Gasteiger partial charge is 0.180 e. The van der Waals surface area contributed by atoms with Crippen LogP contribution in [0, 0.1) is 5.92 Å². The van der Waals surface area contributed by atoms with Crippen LogP contribution in [0.2, 0.25) is 0 Å². The molecule has 29 heavy (non-hydrogen) atoms. The summed E-state index contributed by atoms with van der Waals surface area (Å²) in [5, 5.41) is 1.93. The maximum atomic E-state index is 12.9. The van der Waals surface area contributed by atoms with E-state index in [0.29, 0.717) is 4.90 Å². The van der Waals surface area contributed by atoms with Gasteiger partial charge in [0.2, 0.25) is 0 Å². The van der Waals surface area contributed by atoms with E-state index >= 15 is 0 Å². The van der Waals surface area contributed by atoms with Gasteiger partial charge in [0, 0.05) is 19.3 Å². The Kier molecular flexibility index (Phi) is 5.90. The van der Waals surface area contributed by atoms with Crippen molar-refractivity contribution in [2.45, 2.75) is 37.8 Å². The largest absolute Gasteiger partial charge is 0.491 e. The Bertz CT molecular complexity index is 1070. The lowest BCUT2D eigenvalue weighted by molar-refractivity contribution is 0.242. The van der Waals surface area contributed by atoms with Crippen LogP contribution in [0.3, 0.4) is 0 Å². The highest BCUT2D eigenvalue weighted by Crippen LogP contribution is 2.26. The van der Waals surface area contributed by atoms with Gasteiger partial charge in [-0.2, -0.15) is 0 Å². The zero-order chi connectivity index (χ0) is 20.4. The summed E-state index contributed by atoms with van der Waals surface area (Å²) in [4.78, 5) is 6.96. The van der Waals surface area contributed by atoms with E-state index in [0.717, 1.165) is 42.0 Å². The van der Waals surface area contributed by atoms with E-state index in [1.807, 2.05) is 37.4 Å². The number of likely N-dealkylation sites (tertiary alicyclic amines) is 1. The summed E-state index contributed by atoms with van der Waals surface area (Å²) < 4.78 is 32.4. The molecule has 3 heterocycles. The zero-order valence-electron chi connectivity index (χ0n) is 16.7. The summed E-state index contributed by atoms with van der Waals surface area (Å²) >= 11 is 1.52. The minimum Gasteiger partial charge on any atom is -0.491 e. The number of nitrogens with zero attached hydrogens (tertiary/aromatic N) is 2. The quantitative estimate of drug-likeness (QED) is 0.557. The molecule has 1 saturated heterocycles. The van der Waals surface area contributed by atoms with Crippen LogP contribution in [0.15, 0.2) is 52.9 Å². The lowest BCUT2D eigenvalue weighted by Crippen LogP contribution is -2.23. The first-order chi connectivity index (χ1) is 13.9. The van der Waals surface area contributed by atoms with Crippen LogP contribution in [0.1, 0.15) is 25.8 Å². The fourth-order valence-corrected chi connectivity index (χ4v) is 6.25. The number of thiophene rings is 1. The van der Waals surface area contributed by atoms with Gasteiger partial charge in [0.05, 0.1) is 27.0 Å². The molecular formula is C22H26N2O3S2. The van der Waals surface area contributed by atoms with Gasteiger partial charge < -0.3 is 4.74 Å². The summed E-state index contributed by atoms with van der Waals surface area (Å²) in [5.41, 5.74) is 2.07. The van der Waals surface area contributed by atoms with Crippen molar-refractivity contribution in [1.29, 1.82) is 0 Å². The third-order valence-corrected chi connectivity index (χ3v) is 7.87. The molecule has 0 aliphatic carbocycles. The Morgan fingerprint density at radius 3 is 2.79 bits per heavy atom. The molecule has 4 rings (SSSR count). The highest BCUT2D eigenvalue weighted by Gasteiger charge is 2.28. The summed E-state index contributed by atoms with van der Waals surface area (Å²) in [6.45, 7) is 6.59. The Balaban J connectivity index is 1.35. The predicted molar refractivity (Wildman–Crippen MR) is 117 cm³/mol. The van der Waals surface area contributed by atoms with Gasteiger partial charge in [0.15, 0.2) is 9.84 Å². The number of aromatic nitrogens is 1. The molecule has 0 bridgehead atoms. The van der Waals surface area contributed by atoms with Crippen LogP contribution < -0.4 is 4.74 Å². The van der Waals surface area contributed by atoms with Gasteiger partial charge in [-0.3, -0.25) is 9.88 Å². The van der Waals surface area contributed by atoms with Crippen molar-refractivity contribution in [3.63, 3.8) is 0 Å². The molecule has 2 aromatic heterocycles. The van der Waals surface area contributed by atoms with E-state index in [-0.39, 0.29) is 17.8 Å². The van der Waals surface area contributed by atoms with Crippen LogP contribution in [-0.2, 0) is 16.4 Å². The lowest BCUT2D eigenvalue weighted by Gasteiger charge is -2.17. The highest BCUT2D eigenvalue weighted by atomic mass is 32.2.